The van der Waals surface area contributed by atoms with E-state index in [4.69, 9.17) is 4.74 Å². The maximum atomic E-state index is 12.6. The summed E-state index contributed by atoms with van der Waals surface area (Å²) >= 11 is 0. The van der Waals surface area contributed by atoms with Crippen LogP contribution in [0.25, 0.3) is 10.9 Å². The highest BCUT2D eigenvalue weighted by Gasteiger charge is 2.12. The van der Waals surface area contributed by atoms with E-state index in [1.807, 2.05) is 47.2 Å². The van der Waals surface area contributed by atoms with Gasteiger partial charge in [0.05, 0.1) is 7.11 Å². The zero-order chi connectivity index (χ0) is 18.6. The van der Waals surface area contributed by atoms with Gasteiger partial charge in [0.2, 0.25) is 5.91 Å². The molecule has 3 aromatic rings. The van der Waals surface area contributed by atoms with Gasteiger partial charge in [-0.2, -0.15) is 0 Å². The third-order valence-corrected chi connectivity index (χ3v) is 5.14. The number of fused-ring (bicyclic) bond motifs is 1. The minimum absolute atomic E-state index is 0.0286. The molecule has 1 aliphatic heterocycles. The van der Waals surface area contributed by atoms with Crippen LogP contribution in [0, 0.1) is 0 Å². The minimum Gasteiger partial charge on any atom is -0.497 e. The SMILES string of the molecule is COc1ccc2c(ccn2CC(=O)Nc2cccc(N3CCCCC3)c2)c1. The number of hydrogen-bond donors (Lipinski definition) is 1. The number of rotatable bonds is 5. The molecule has 0 atom stereocenters. The quantitative estimate of drug-likeness (QED) is 0.736. The van der Waals surface area contributed by atoms with Crippen molar-refractivity contribution in [1.82, 2.24) is 4.57 Å². The van der Waals surface area contributed by atoms with Gasteiger partial charge in [-0.15, -0.1) is 0 Å². The number of amides is 1. The molecule has 1 fully saturated rings. The van der Waals surface area contributed by atoms with E-state index in [2.05, 4.69) is 22.3 Å². The van der Waals surface area contributed by atoms with Crippen molar-refractivity contribution in [2.45, 2.75) is 25.8 Å². The summed E-state index contributed by atoms with van der Waals surface area (Å²) in [5.41, 5.74) is 3.06. The Kier molecular flexibility index (Phi) is 5.01. The summed E-state index contributed by atoms with van der Waals surface area (Å²) < 4.78 is 7.22. The lowest BCUT2D eigenvalue weighted by atomic mass is 10.1. The molecule has 0 radical (unpaired) electrons. The monoisotopic (exact) mass is 363 g/mol. The number of aromatic nitrogens is 1. The average Bonchev–Trinajstić information content (AvgIpc) is 3.10. The standard InChI is InChI=1S/C22H25N3O2/c1-27-20-8-9-21-17(14-20)10-13-25(21)16-22(26)23-18-6-5-7-19(15-18)24-11-3-2-4-12-24/h5-10,13-15H,2-4,11-12,16H2,1H3,(H,23,26). The van der Waals surface area contributed by atoms with Gasteiger partial charge in [-0.25, -0.2) is 0 Å². The van der Waals surface area contributed by atoms with Gasteiger partial charge in [0, 0.05) is 41.6 Å². The number of piperidine rings is 1. The highest BCUT2D eigenvalue weighted by molar-refractivity contribution is 5.92. The Morgan fingerprint density at radius 1 is 1.07 bits per heavy atom. The molecule has 140 valence electrons. The largest absolute Gasteiger partial charge is 0.497 e. The van der Waals surface area contributed by atoms with Crippen molar-refractivity contribution in [2.24, 2.45) is 0 Å². The molecule has 0 unspecified atom stereocenters. The normalized spacial score (nSPS) is 14.3. The third-order valence-electron chi connectivity index (χ3n) is 5.14. The van der Waals surface area contributed by atoms with Crippen LogP contribution in [0.15, 0.2) is 54.7 Å². The van der Waals surface area contributed by atoms with Crippen LogP contribution in [0.1, 0.15) is 19.3 Å². The lowest BCUT2D eigenvalue weighted by Crippen LogP contribution is -2.29. The molecule has 27 heavy (non-hydrogen) atoms. The Morgan fingerprint density at radius 2 is 1.93 bits per heavy atom. The number of hydrogen-bond acceptors (Lipinski definition) is 3. The van der Waals surface area contributed by atoms with E-state index >= 15 is 0 Å². The highest BCUT2D eigenvalue weighted by atomic mass is 16.5. The molecule has 0 saturated carbocycles. The fourth-order valence-electron chi connectivity index (χ4n) is 3.73. The van der Waals surface area contributed by atoms with Gasteiger partial charge in [0.15, 0.2) is 0 Å². The van der Waals surface area contributed by atoms with Crippen molar-refractivity contribution in [1.29, 1.82) is 0 Å². The molecule has 0 spiro atoms. The van der Waals surface area contributed by atoms with Gasteiger partial charge in [-0.1, -0.05) is 6.07 Å². The van der Waals surface area contributed by atoms with Gasteiger partial charge in [-0.05, 0) is 61.7 Å². The molecule has 0 aliphatic carbocycles. The van der Waals surface area contributed by atoms with E-state index in [0.29, 0.717) is 0 Å². The predicted octanol–water partition coefficient (Wildman–Crippen LogP) is 4.28. The molecule has 4 rings (SSSR count). The van der Waals surface area contributed by atoms with Gasteiger partial charge >= 0.3 is 0 Å². The van der Waals surface area contributed by atoms with Gasteiger partial charge < -0.3 is 19.5 Å². The zero-order valence-corrected chi connectivity index (χ0v) is 15.6. The molecule has 2 aromatic carbocycles. The first-order chi connectivity index (χ1) is 13.2. The first-order valence-electron chi connectivity index (χ1n) is 9.51. The van der Waals surface area contributed by atoms with Gasteiger partial charge in [-0.3, -0.25) is 4.79 Å². The second-order valence-electron chi connectivity index (χ2n) is 7.01. The van der Waals surface area contributed by atoms with Crippen molar-refractivity contribution in [3.63, 3.8) is 0 Å². The van der Waals surface area contributed by atoms with Crippen LogP contribution in [0.2, 0.25) is 0 Å². The molecule has 1 N–H and O–H groups in total. The number of benzene rings is 2. The summed E-state index contributed by atoms with van der Waals surface area (Å²) in [4.78, 5) is 15.0. The van der Waals surface area contributed by atoms with Crippen molar-refractivity contribution < 1.29 is 9.53 Å². The Balaban J connectivity index is 1.45. The predicted molar refractivity (Wildman–Crippen MR) is 110 cm³/mol. The van der Waals surface area contributed by atoms with E-state index in [1.165, 1.54) is 24.9 Å². The van der Waals surface area contributed by atoms with Crippen LogP contribution in [0.3, 0.4) is 0 Å². The number of methoxy groups -OCH3 is 1. The van der Waals surface area contributed by atoms with Crippen LogP contribution in [0.5, 0.6) is 5.75 Å². The topological polar surface area (TPSA) is 46.5 Å². The first kappa shape index (κ1) is 17.5. The van der Waals surface area contributed by atoms with Crippen molar-refractivity contribution in [3.8, 4) is 5.75 Å². The second-order valence-corrected chi connectivity index (χ2v) is 7.01. The molecule has 1 amide bonds. The third kappa shape index (κ3) is 3.92. The average molecular weight is 363 g/mol. The van der Waals surface area contributed by atoms with Crippen LogP contribution in [-0.2, 0) is 11.3 Å². The summed E-state index contributed by atoms with van der Waals surface area (Å²) in [5.74, 6) is 0.790. The molecule has 1 saturated heterocycles. The van der Waals surface area contributed by atoms with E-state index in [9.17, 15) is 4.79 Å². The Bertz CT molecular complexity index is 942. The molecule has 5 heteroatoms. The van der Waals surface area contributed by atoms with E-state index in [-0.39, 0.29) is 12.5 Å². The van der Waals surface area contributed by atoms with Gasteiger partial charge in [0.1, 0.15) is 12.3 Å². The van der Waals surface area contributed by atoms with E-state index in [1.54, 1.807) is 7.11 Å². The Morgan fingerprint density at radius 3 is 2.74 bits per heavy atom. The fraction of sp³-hybridized carbons (Fsp3) is 0.318. The Labute approximate surface area is 159 Å². The summed E-state index contributed by atoms with van der Waals surface area (Å²) in [7, 11) is 1.66. The molecule has 1 aromatic heterocycles. The minimum atomic E-state index is -0.0286. The van der Waals surface area contributed by atoms with E-state index in [0.717, 1.165) is 35.4 Å². The zero-order valence-electron chi connectivity index (χ0n) is 15.6. The van der Waals surface area contributed by atoms with Crippen molar-refractivity contribution in [2.75, 3.05) is 30.4 Å². The lowest BCUT2D eigenvalue weighted by Gasteiger charge is -2.29. The van der Waals surface area contributed by atoms with Gasteiger partial charge in [0.25, 0.3) is 0 Å². The smallest absolute Gasteiger partial charge is 0.244 e. The first-order valence-corrected chi connectivity index (χ1v) is 9.51. The number of carbonyl (C=O) groups excluding carboxylic acids is 1. The van der Waals surface area contributed by atoms with Crippen LogP contribution in [0.4, 0.5) is 11.4 Å². The maximum absolute atomic E-state index is 12.6. The molecule has 2 heterocycles. The Hall–Kier alpha value is -2.95. The number of nitrogens with one attached hydrogen (secondary N) is 1. The van der Waals surface area contributed by atoms with Crippen LogP contribution in [-0.4, -0.2) is 30.7 Å². The summed E-state index contributed by atoms with van der Waals surface area (Å²) in [6.07, 6.45) is 5.72. The fourth-order valence-corrected chi connectivity index (χ4v) is 3.73. The van der Waals surface area contributed by atoms with Crippen LogP contribution >= 0.6 is 0 Å². The summed E-state index contributed by atoms with van der Waals surface area (Å²) in [6, 6.07) is 16.0. The lowest BCUT2D eigenvalue weighted by molar-refractivity contribution is -0.116. The molecule has 1 aliphatic rings. The number of anilines is 2. The number of carbonyl (C=O) groups is 1. The van der Waals surface area contributed by atoms with Crippen LogP contribution < -0.4 is 15.0 Å². The molecule has 0 bridgehead atoms. The number of nitrogens with zero attached hydrogens (tertiary/aromatic N) is 2. The molecule has 5 nitrogen and oxygen atoms in total. The van der Waals surface area contributed by atoms with E-state index < -0.39 is 0 Å². The number of ether oxygens (including phenoxy) is 1. The summed E-state index contributed by atoms with van der Waals surface area (Å²) in [5, 5.41) is 4.10. The highest BCUT2D eigenvalue weighted by Crippen LogP contribution is 2.24. The van der Waals surface area contributed by atoms with Crippen molar-refractivity contribution in [3.05, 3.63) is 54.7 Å². The molecular formula is C22H25N3O2. The molecular weight excluding hydrogens is 338 g/mol. The van der Waals surface area contributed by atoms with Crippen molar-refractivity contribution >= 4 is 28.2 Å². The second kappa shape index (κ2) is 7.74. The summed E-state index contributed by atoms with van der Waals surface area (Å²) in [6.45, 7) is 2.47. The maximum Gasteiger partial charge on any atom is 0.244 e.